The molecular formula is C85H70BN3O. The fraction of sp³-hybridized carbons (Fsp3) is 0.153. The van der Waals surface area contributed by atoms with Crippen LogP contribution >= 0.6 is 0 Å². The number of hydrogen-bond acceptors (Lipinski definition) is 4. The first kappa shape index (κ1) is 54.1. The van der Waals surface area contributed by atoms with Crippen LogP contribution in [0.2, 0.25) is 0 Å². The van der Waals surface area contributed by atoms with Gasteiger partial charge in [0.1, 0.15) is 11.2 Å². The van der Waals surface area contributed by atoms with Crippen molar-refractivity contribution < 1.29 is 4.42 Å². The molecule has 0 unspecified atom stereocenters. The van der Waals surface area contributed by atoms with Crippen molar-refractivity contribution in [3.05, 3.63) is 312 Å². The molecule has 4 heterocycles. The largest absolute Gasteiger partial charge is 0.456 e. The third-order valence-corrected chi connectivity index (χ3v) is 20.7. The Balaban J connectivity index is 0.999. The lowest BCUT2D eigenvalue weighted by molar-refractivity contribution is 0.331. The minimum absolute atomic E-state index is 0.0129. The third-order valence-electron chi connectivity index (χ3n) is 20.7. The lowest BCUT2D eigenvalue weighted by atomic mass is 9.42. The maximum absolute atomic E-state index is 7.25. The first-order chi connectivity index (χ1) is 43.8. The molecule has 0 fully saturated rings. The Morgan fingerprint density at radius 1 is 0.433 bits per heavy atom. The Labute approximate surface area is 529 Å². The molecule has 434 valence electrons. The van der Waals surface area contributed by atoms with E-state index in [-0.39, 0.29) is 23.1 Å². The van der Waals surface area contributed by atoms with Crippen LogP contribution in [0.4, 0.5) is 45.5 Å². The van der Waals surface area contributed by atoms with E-state index < -0.39 is 5.41 Å². The summed E-state index contributed by atoms with van der Waals surface area (Å²) in [4.78, 5) is 7.84. The second kappa shape index (κ2) is 20.0. The maximum atomic E-state index is 7.25. The summed E-state index contributed by atoms with van der Waals surface area (Å²) in [5.74, 6) is 0. The van der Waals surface area contributed by atoms with Gasteiger partial charge in [-0.15, -0.1) is 0 Å². The van der Waals surface area contributed by atoms with Gasteiger partial charge in [-0.25, -0.2) is 0 Å². The highest BCUT2D eigenvalue weighted by molar-refractivity contribution is 6.94. The van der Waals surface area contributed by atoms with E-state index >= 15 is 0 Å². The quantitative estimate of drug-likeness (QED) is 0.141. The lowest BCUT2D eigenvalue weighted by Crippen LogP contribution is -2.62. The molecule has 0 bridgehead atoms. The molecule has 1 aromatic heterocycles. The van der Waals surface area contributed by atoms with Crippen molar-refractivity contribution in [2.45, 2.75) is 83.0 Å². The zero-order valence-corrected chi connectivity index (χ0v) is 52.2. The van der Waals surface area contributed by atoms with E-state index in [4.69, 9.17) is 4.42 Å². The van der Waals surface area contributed by atoms with E-state index in [2.05, 4.69) is 336 Å². The average molecular weight is 1160 g/mol. The highest BCUT2D eigenvalue weighted by Crippen LogP contribution is 2.63. The molecule has 12 aromatic carbocycles. The predicted molar refractivity (Wildman–Crippen MR) is 379 cm³/mol. The molecule has 13 aromatic rings. The lowest BCUT2D eigenvalue weighted by Gasteiger charge is -2.53. The molecule has 0 atom stereocenters. The van der Waals surface area contributed by atoms with Crippen molar-refractivity contribution in [3.8, 4) is 33.4 Å². The van der Waals surface area contributed by atoms with Gasteiger partial charge in [0, 0.05) is 62.2 Å². The zero-order valence-electron chi connectivity index (χ0n) is 52.2. The molecule has 5 heteroatoms. The molecule has 0 saturated carbocycles. The van der Waals surface area contributed by atoms with E-state index in [0.717, 1.165) is 74.5 Å². The van der Waals surface area contributed by atoms with Crippen molar-refractivity contribution in [2.75, 3.05) is 14.6 Å². The average Bonchev–Trinajstić information content (AvgIpc) is 0.788. The molecule has 1 aliphatic carbocycles. The molecule has 17 rings (SSSR count). The number of furan rings is 1. The van der Waals surface area contributed by atoms with Gasteiger partial charge in [-0.1, -0.05) is 255 Å². The molecule has 0 spiro atoms. The first-order valence-electron chi connectivity index (χ1n) is 32.1. The number of rotatable bonds is 8. The van der Waals surface area contributed by atoms with E-state index in [1.165, 1.54) is 89.1 Å². The maximum Gasteiger partial charge on any atom is 0.333 e. The molecule has 90 heavy (non-hydrogen) atoms. The van der Waals surface area contributed by atoms with Gasteiger partial charge < -0.3 is 19.0 Å². The van der Waals surface area contributed by atoms with Crippen LogP contribution in [0.3, 0.4) is 0 Å². The SMILES string of the molecule is CC(C)(C)c1ccc(N(c2ccc(-c3ccccc3)cc2)c2ccc3c(c2)N(c2ccc(-c4ccccc4)cc2)B2c4cccc5c4N(c4cc6c(cc4C5(c4ccccc4)c4ccccc4)C(C)(C)CCC6(C)C)c4cc5oc6ccccc6c5c-3c42)cc1. The molecule has 4 nitrogen and oxygen atoms in total. The summed E-state index contributed by atoms with van der Waals surface area (Å²) >= 11 is 0. The van der Waals surface area contributed by atoms with Crippen LogP contribution in [0.5, 0.6) is 0 Å². The highest BCUT2D eigenvalue weighted by atomic mass is 16.3. The fourth-order valence-corrected chi connectivity index (χ4v) is 16.1. The van der Waals surface area contributed by atoms with Crippen LogP contribution in [0, 0.1) is 0 Å². The Bertz CT molecular complexity index is 4930. The molecular weight excluding hydrogens is 1090 g/mol. The molecule has 0 N–H and O–H groups in total. The smallest absolute Gasteiger partial charge is 0.333 e. The highest BCUT2D eigenvalue weighted by Gasteiger charge is 2.55. The van der Waals surface area contributed by atoms with Crippen LogP contribution in [0.25, 0.3) is 55.3 Å². The van der Waals surface area contributed by atoms with Crippen LogP contribution in [0.1, 0.15) is 100 Å². The third kappa shape index (κ3) is 8.07. The summed E-state index contributed by atoms with van der Waals surface area (Å²) in [6.07, 6.45) is 2.22. The number of fused-ring (bicyclic) bond motifs is 11. The fourth-order valence-electron chi connectivity index (χ4n) is 16.1. The molecule has 3 aliphatic heterocycles. The van der Waals surface area contributed by atoms with Crippen LogP contribution in [-0.4, -0.2) is 6.85 Å². The van der Waals surface area contributed by atoms with Gasteiger partial charge in [-0.3, -0.25) is 0 Å². The van der Waals surface area contributed by atoms with Gasteiger partial charge in [-0.05, 0) is 167 Å². The van der Waals surface area contributed by atoms with Gasteiger partial charge in [0.05, 0.1) is 11.1 Å². The van der Waals surface area contributed by atoms with Crippen molar-refractivity contribution in [3.63, 3.8) is 0 Å². The topological polar surface area (TPSA) is 22.9 Å². The number of benzene rings is 12. The summed E-state index contributed by atoms with van der Waals surface area (Å²) in [5, 5.41) is 2.25. The second-order valence-corrected chi connectivity index (χ2v) is 27.8. The van der Waals surface area contributed by atoms with Crippen molar-refractivity contribution >= 4 is 85.2 Å². The number of hydrogen-bond donors (Lipinski definition) is 0. The molecule has 4 aliphatic rings. The number of anilines is 8. The Morgan fingerprint density at radius 2 is 0.967 bits per heavy atom. The summed E-state index contributed by atoms with van der Waals surface area (Å²) in [6, 6.07) is 103. The normalized spacial score (nSPS) is 15.4. The Hall–Kier alpha value is -10.1. The van der Waals surface area contributed by atoms with Crippen molar-refractivity contribution in [1.82, 2.24) is 0 Å². The predicted octanol–water partition coefficient (Wildman–Crippen LogP) is 21.4. The standard InChI is InChI=1S/C85H70BN3O/c1-82(2,3)59-39-45-63(46-40-59)87(62-41-35-57(36-42-62)55-23-12-8-13-24-55)65-47-48-66-73(51-65)89(64-43-37-58(38-44-64)56-25-14-9-15-26-56)86-72-33-22-32-68-81(72)88(75-54-77-78(79(66)80(75)86)67-31-20-21-34-76(67)90-77)74-53-70-69(83(4,5)49-50-84(70,6)7)52-71(74)85(68,60-27-16-10-17-28-60)61-29-18-11-19-30-61/h8-48,51-54H,49-50H2,1-7H3. The summed E-state index contributed by atoms with van der Waals surface area (Å²) < 4.78 is 7.25. The second-order valence-electron chi connectivity index (χ2n) is 27.8. The van der Waals surface area contributed by atoms with Gasteiger partial charge in [-0.2, -0.15) is 0 Å². The van der Waals surface area contributed by atoms with Gasteiger partial charge in [0.2, 0.25) is 0 Å². The van der Waals surface area contributed by atoms with E-state index in [0.29, 0.717) is 0 Å². The zero-order chi connectivity index (χ0) is 60.8. The molecule has 0 amide bonds. The van der Waals surface area contributed by atoms with E-state index in [9.17, 15) is 0 Å². The minimum atomic E-state index is -0.711. The van der Waals surface area contributed by atoms with Crippen molar-refractivity contribution in [1.29, 1.82) is 0 Å². The summed E-state index contributed by atoms with van der Waals surface area (Å²) in [5.41, 5.74) is 28.8. The summed E-state index contributed by atoms with van der Waals surface area (Å²) in [7, 11) is 0. The molecule has 0 radical (unpaired) electrons. The van der Waals surface area contributed by atoms with Gasteiger partial charge >= 0.3 is 6.85 Å². The molecule has 0 saturated heterocycles. The van der Waals surface area contributed by atoms with Gasteiger partial charge in [0.15, 0.2) is 0 Å². The van der Waals surface area contributed by atoms with Crippen LogP contribution in [0.15, 0.2) is 277 Å². The minimum Gasteiger partial charge on any atom is -0.456 e. The monoisotopic (exact) mass is 1160 g/mol. The van der Waals surface area contributed by atoms with Gasteiger partial charge in [0.25, 0.3) is 0 Å². The van der Waals surface area contributed by atoms with Crippen LogP contribution < -0.4 is 25.5 Å². The Kier molecular flexibility index (Phi) is 12.0. The van der Waals surface area contributed by atoms with E-state index in [1.807, 2.05) is 0 Å². The Morgan fingerprint density at radius 3 is 1.58 bits per heavy atom. The number of para-hydroxylation sites is 2. The first-order valence-corrected chi connectivity index (χ1v) is 32.1. The number of nitrogens with zero attached hydrogens (tertiary/aromatic N) is 3. The van der Waals surface area contributed by atoms with Crippen molar-refractivity contribution in [2.24, 2.45) is 0 Å². The van der Waals surface area contributed by atoms with E-state index in [1.54, 1.807) is 0 Å². The summed E-state index contributed by atoms with van der Waals surface area (Å²) in [6.45, 7) is 16.5. The van der Waals surface area contributed by atoms with Crippen LogP contribution in [-0.2, 0) is 21.7 Å².